The number of thiazole rings is 1. The second kappa shape index (κ2) is 10.4. The molecular weight excluding hydrogens is 508 g/mol. The van der Waals surface area contributed by atoms with Gasteiger partial charge in [-0.1, -0.05) is 30.2 Å². The zero-order valence-corrected chi connectivity index (χ0v) is 20.7. The van der Waals surface area contributed by atoms with Gasteiger partial charge in [0, 0.05) is 17.7 Å². The van der Waals surface area contributed by atoms with Crippen molar-refractivity contribution in [2.45, 2.75) is 34.9 Å². The van der Waals surface area contributed by atoms with E-state index in [2.05, 4.69) is 20.6 Å². The van der Waals surface area contributed by atoms with Crippen LogP contribution in [0.25, 0.3) is 0 Å². The molecule has 3 N–H and O–H groups in total. The van der Waals surface area contributed by atoms with E-state index in [1.54, 1.807) is 12.1 Å². The van der Waals surface area contributed by atoms with E-state index >= 15 is 0 Å². The molecule has 13 heteroatoms. The molecule has 1 aliphatic rings. The van der Waals surface area contributed by atoms with Crippen LogP contribution in [0.15, 0.2) is 51.8 Å². The van der Waals surface area contributed by atoms with Crippen LogP contribution < -0.4 is 15.4 Å². The van der Waals surface area contributed by atoms with Gasteiger partial charge in [-0.3, -0.25) is 10.1 Å². The van der Waals surface area contributed by atoms with Gasteiger partial charge >= 0.3 is 12.0 Å². The van der Waals surface area contributed by atoms with Gasteiger partial charge in [0.2, 0.25) is 9.84 Å². The molecule has 0 radical (unpaired) electrons. The molecule has 0 saturated heterocycles. The fourth-order valence-electron chi connectivity index (χ4n) is 3.90. The first-order chi connectivity index (χ1) is 17.2. The van der Waals surface area contributed by atoms with Crippen LogP contribution in [0.5, 0.6) is 5.75 Å². The van der Waals surface area contributed by atoms with Gasteiger partial charge in [-0.2, -0.15) is 0 Å². The van der Waals surface area contributed by atoms with Crippen molar-refractivity contribution in [2.75, 3.05) is 17.7 Å². The number of amides is 2. The molecule has 0 unspecified atom stereocenters. The predicted molar refractivity (Wildman–Crippen MR) is 131 cm³/mol. The Labute approximate surface area is 210 Å². The van der Waals surface area contributed by atoms with Gasteiger partial charge in [0.25, 0.3) is 0 Å². The topological polar surface area (TPSA) is 165 Å². The monoisotopic (exact) mass is 530 g/mol. The van der Waals surface area contributed by atoms with Crippen LogP contribution in [-0.2, 0) is 9.84 Å². The molecule has 0 aliphatic heterocycles. The standard InChI is InChI=1S/C23H22N4O7S2/c1-34-14-9-10-16(15(12-14)19(28)13-6-2-3-7-13)25-22(31)27-23-26-18(20(29)30)21(35-23)36(32,33)17-8-4-5-11-24-17/h4-5,8-13H,2-3,6-7H2,1H3,(H,29,30)(H2,25,26,27,31). The SMILES string of the molecule is COc1ccc(NC(=O)Nc2nc(C(=O)O)c(S(=O)(=O)c3ccccn3)s2)c(C(=O)C2CCCC2)c1. The van der Waals surface area contributed by atoms with Crippen molar-refractivity contribution in [3.63, 3.8) is 0 Å². The average molecular weight is 531 g/mol. The van der Waals surface area contributed by atoms with E-state index in [1.165, 1.54) is 37.6 Å². The van der Waals surface area contributed by atoms with Crippen molar-refractivity contribution in [2.24, 2.45) is 5.92 Å². The number of methoxy groups -OCH3 is 1. The molecule has 1 aromatic carbocycles. The van der Waals surface area contributed by atoms with Gasteiger partial charge in [-0.15, -0.1) is 0 Å². The van der Waals surface area contributed by atoms with Gasteiger partial charge in [0.15, 0.2) is 25.8 Å². The van der Waals surface area contributed by atoms with E-state index < -0.39 is 31.7 Å². The number of benzene rings is 1. The van der Waals surface area contributed by atoms with Crippen molar-refractivity contribution < 1.29 is 32.6 Å². The zero-order valence-electron chi connectivity index (χ0n) is 19.1. The van der Waals surface area contributed by atoms with Crippen molar-refractivity contribution >= 4 is 49.8 Å². The summed E-state index contributed by atoms with van der Waals surface area (Å²) < 4.78 is 30.5. The summed E-state index contributed by atoms with van der Waals surface area (Å²) >= 11 is 0.487. The molecule has 3 aromatic rings. The van der Waals surface area contributed by atoms with Crippen LogP contribution in [0.2, 0.25) is 0 Å². The van der Waals surface area contributed by atoms with E-state index in [1.807, 2.05) is 0 Å². The highest BCUT2D eigenvalue weighted by molar-refractivity contribution is 7.93. The molecule has 1 aliphatic carbocycles. The number of sulfone groups is 1. The van der Waals surface area contributed by atoms with Crippen molar-refractivity contribution in [1.29, 1.82) is 0 Å². The van der Waals surface area contributed by atoms with Crippen molar-refractivity contribution in [3.8, 4) is 5.75 Å². The normalized spacial score (nSPS) is 13.8. The number of nitrogens with one attached hydrogen (secondary N) is 2. The molecule has 1 saturated carbocycles. The number of pyridine rings is 1. The Balaban J connectivity index is 1.59. The summed E-state index contributed by atoms with van der Waals surface area (Å²) in [6, 6.07) is 8.05. The molecule has 2 aromatic heterocycles. The molecule has 0 atom stereocenters. The van der Waals surface area contributed by atoms with Gasteiger partial charge in [0.05, 0.1) is 12.8 Å². The Morgan fingerprint density at radius 1 is 1.11 bits per heavy atom. The molecule has 0 bridgehead atoms. The summed E-state index contributed by atoms with van der Waals surface area (Å²) in [5.74, 6) is -1.36. The summed E-state index contributed by atoms with van der Waals surface area (Å²) in [5.41, 5.74) is -0.204. The fourth-order valence-corrected chi connectivity index (χ4v) is 6.55. The van der Waals surface area contributed by atoms with Crippen LogP contribution in [0, 0.1) is 5.92 Å². The van der Waals surface area contributed by atoms with Crippen LogP contribution >= 0.6 is 11.3 Å². The number of aromatic nitrogens is 2. The number of carbonyl (C=O) groups is 3. The smallest absolute Gasteiger partial charge is 0.356 e. The number of Topliss-reactive ketones (excluding diaryl/α,β-unsaturated/α-hetero) is 1. The highest BCUT2D eigenvalue weighted by Gasteiger charge is 2.31. The number of rotatable bonds is 8. The number of aromatic carboxylic acids is 1. The molecule has 2 amide bonds. The largest absolute Gasteiger partial charge is 0.497 e. The summed E-state index contributed by atoms with van der Waals surface area (Å²) in [5, 5.41) is 13.8. The van der Waals surface area contributed by atoms with E-state index in [9.17, 15) is 27.9 Å². The second-order valence-electron chi connectivity index (χ2n) is 7.97. The van der Waals surface area contributed by atoms with E-state index in [0.717, 1.165) is 25.7 Å². The Hall–Kier alpha value is -3.84. The predicted octanol–water partition coefficient (Wildman–Crippen LogP) is 4.09. The lowest BCUT2D eigenvalue weighted by Gasteiger charge is -2.15. The first-order valence-electron chi connectivity index (χ1n) is 10.9. The first kappa shape index (κ1) is 25.3. The maximum atomic E-state index is 13.1. The highest BCUT2D eigenvalue weighted by atomic mass is 32.2. The van der Waals surface area contributed by atoms with E-state index in [0.29, 0.717) is 22.6 Å². The lowest BCUT2D eigenvalue weighted by Crippen LogP contribution is -2.22. The van der Waals surface area contributed by atoms with Gasteiger partial charge < -0.3 is 15.2 Å². The van der Waals surface area contributed by atoms with Crippen molar-refractivity contribution in [1.82, 2.24) is 9.97 Å². The average Bonchev–Trinajstić information content (AvgIpc) is 3.55. The first-order valence-corrected chi connectivity index (χ1v) is 13.2. The third kappa shape index (κ3) is 5.21. The summed E-state index contributed by atoms with van der Waals surface area (Å²) in [6.07, 6.45) is 4.73. The molecule has 4 rings (SSSR count). The van der Waals surface area contributed by atoms with Gasteiger partial charge in [0.1, 0.15) is 5.75 Å². The van der Waals surface area contributed by atoms with E-state index in [-0.39, 0.29) is 27.5 Å². The molecule has 0 spiro atoms. The Morgan fingerprint density at radius 3 is 2.50 bits per heavy atom. The van der Waals surface area contributed by atoms with E-state index in [4.69, 9.17) is 4.74 Å². The summed E-state index contributed by atoms with van der Waals surface area (Å²) in [7, 11) is -2.82. The molecule has 2 heterocycles. The van der Waals surface area contributed by atoms with Crippen molar-refractivity contribution in [3.05, 3.63) is 53.9 Å². The lowest BCUT2D eigenvalue weighted by molar-refractivity contribution is 0.0687. The molecule has 36 heavy (non-hydrogen) atoms. The van der Waals surface area contributed by atoms with Crippen LogP contribution in [0.4, 0.5) is 15.6 Å². The number of hydrogen-bond acceptors (Lipinski definition) is 9. The molecular formula is C23H22N4O7S2. The number of carbonyl (C=O) groups excluding carboxylic acids is 2. The third-order valence-electron chi connectivity index (χ3n) is 5.64. The zero-order chi connectivity index (χ0) is 25.9. The Morgan fingerprint density at radius 2 is 1.86 bits per heavy atom. The Kier molecular flexibility index (Phi) is 7.31. The minimum absolute atomic E-state index is 0.104. The maximum Gasteiger partial charge on any atom is 0.356 e. The van der Waals surface area contributed by atoms with Crippen LogP contribution in [0.1, 0.15) is 46.5 Å². The number of ether oxygens (including phenoxy) is 1. The number of ketones is 1. The number of urea groups is 1. The van der Waals surface area contributed by atoms with Crippen LogP contribution in [0.3, 0.4) is 0 Å². The Bertz CT molecular complexity index is 1420. The maximum absolute atomic E-state index is 13.1. The summed E-state index contributed by atoms with van der Waals surface area (Å²) in [4.78, 5) is 45.0. The fraction of sp³-hybridized carbons (Fsp3) is 0.261. The highest BCUT2D eigenvalue weighted by Crippen LogP contribution is 2.34. The number of anilines is 2. The quantitative estimate of drug-likeness (QED) is 0.364. The number of carboxylic acid groups (broad SMARTS) is 1. The van der Waals surface area contributed by atoms with Gasteiger partial charge in [-0.05, 0) is 43.2 Å². The summed E-state index contributed by atoms with van der Waals surface area (Å²) in [6.45, 7) is 0. The third-order valence-corrected chi connectivity index (χ3v) is 8.79. The number of nitrogens with zero attached hydrogens (tertiary/aromatic N) is 2. The minimum Gasteiger partial charge on any atom is -0.497 e. The minimum atomic E-state index is -4.29. The van der Waals surface area contributed by atoms with Crippen LogP contribution in [-0.4, -0.2) is 48.4 Å². The number of hydrogen-bond donors (Lipinski definition) is 3. The molecule has 188 valence electrons. The second-order valence-corrected chi connectivity index (χ2v) is 11.1. The lowest BCUT2D eigenvalue weighted by atomic mass is 9.95. The van der Waals surface area contributed by atoms with Gasteiger partial charge in [-0.25, -0.2) is 28.0 Å². The molecule has 11 nitrogen and oxygen atoms in total. The molecule has 1 fully saturated rings. The number of carboxylic acids is 1.